The van der Waals surface area contributed by atoms with Crippen LogP contribution >= 0.6 is 11.6 Å². The number of benzene rings is 1. The van der Waals surface area contributed by atoms with E-state index in [-0.39, 0.29) is 11.4 Å². The minimum absolute atomic E-state index is 0.215. The third-order valence-electron chi connectivity index (χ3n) is 2.23. The molecule has 0 aliphatic rings. The highest BCUT2D eigenvalue weighted by atomic mass is 35.5. The van der Waals surface area contributed by atoms with Crippen molar-refractivity contribution in [2.45, 2.75) is 39.3 Å². The van der Waals surface area contributed by atoms with Crippen LogP contribution in [0, 0.1) is 11.3 Å². The average molecular weight is 281 g/mol. The SMILES string of the molecule is CC(Oc1ccc(C#N)cc1Cl)C(=O)NC(C)(C)C. The summed E-state index contributed by atoms with van der Waals surface area (Å²) in [5, 5.41) is 11.9. The predicted molar refractivity (Wildman–Crippen MR) is 74.2 cm³/mol. The lowest BCUT2D eigenvalue weighted by molar-refractivity contribution is -0.128. The zero-order chi connectivity index (χ0) is 14.6. The van der Waals surface area contributed by atoms with E-state index in [1.165, 1.54) is 6.07 Å². The molecule has 1 amide bonds. The zero-order valence-corrected chi connectivity index (χ0v) is 12.2. The zero-order valence-electron chi connectivity index (χ0n) is 11.5. The predicted octanol–water partition coefficient (Wildman–Crippen LogP) is 2.89. The number of halogens is 1. The average Bonchev–Trinajstić information content (AvgIpc) is 2.29. The van der Waals surface area contributed by atoms with E-state index in [4.69, 9.17) is 21.6 Å². The van der Waals surface area contributed by atoms with Gasteiger partial charge in [-0.3, -0.25) is 4.79 Å². The maximum atomic E-state index is 11.9. The Morgan fingerprint density at radius 2 is 2.11 bits per heavy atom. The Labute approximate surface area is 118 Å². The van der Waals surface area contributed by atoms with E-state index in [0.717, 1.165) is 0 Å². The first kappa shape index (κ1) is 15.3. The van der Waals surface area contributed by atoms with Crippen molar-refractivity contribution in [3.63, 3.8) is 0 Å². The fourth-order valence-electron chi connectivity index (χ4n) is 1.38. The molecular weight excluding hydrogens is 264 g/mol. The van der Waals surface area contributed by atoms with E-state index in [9.17, 15) is 4.79 Å². The minimum Gasteiger partial charge on any atom is -0.479 e. The van der Waals surface area contributed by atoms with E-state index in [2.05, 4.69) is 5.32 Å². The quantitative estimate of drug-likeness (QED) is 0.926. The van der Waals surface area contributed by atoms with Crippen LogP contribution in [0.25, 0.3) is 0 Å². The number of nitriles is 1. The lowest BCUT2D eigenvalue weighted by atomic mass is 10.1. The Morgan fingerprint density at radius 1 is 1.47 bits per heavy atom. The molecule has 0 aromatic heterocycles. The molecule has 4 nitrogen and oxygen atoms in total. The van der Waals surface area contributed by atoms with Crippen molar-refractivity contribution in [3.05, 3.63) is 28.8 Å². The first-order chi connectivity index (χ1) is 8.73. The molecule has 102 valence electrons. The summed E-state index contributed by atoms with van der Waals surface area (Å²) in [7, 11) is 0. The van der Waals surface area contributed by atoms with Crippen molar-refractivity contribution in [2.75, 3.05) is 0 Å². The van der Waals surface area contributed by atoms with Crippen molar-refractivity contribution in [1.82, 2.24) is 5.32 Å². The van der Waals surface area contributed by atoms with Gasteiger partial charge in [0.2, 0.25) is 0 Å². The molecule has 0 saturated heterocycles. The van der Waals surface area contributed by atoms with Gasteiger partial charge < -0.3 is 10.1 Å². The van der Waals surface area contributed by atoms with Crippen LogP contribution in [0.2, 0.25) is 5.02 Å². The van der Waals surface area contributed by atoms with Crippen molar-refractivity contribution < 1.29 is 9.53 Å². The Balaban J connectivity index is 2.75. The van der Waals surface area contributed by atoms with E-state index in [1.54, 1.807) is 19.1 Å². The molecule has 0 bridgehead atoms. The molecule has 1 atom stereocenters. The standard InChI is InChI=1S/C14H17ClN2O2/c1-9(13(18)17-14(2,3)4)19-12-6-5-10(8-16)7-11(12)15/h5-7,9H,1-4H3,(H,17,18). The smallest absolute Gasteiger partial charge is 0.261 e. The molecule has 1 aromatic carbocycles. The maximum Gasteiger partial charge on any atom is 0.261 e. The molecule has 1 unspecified atom stereocenters. The van der Waals surface area contributed by atoms with Crippen LogP contribution in [0.1, 0.15) is 33.3 Å². The molecule has 0 heterocycles. The van der Waals surface area contributed by atoms with Crippen LogP contribution in [0.4, 0.5) is 0 Å². The molecule has 0 fully saturated rings. The van der Waals surface area contributed by atoms with Gasteiger partial charge >= 0.3 is 0 Å². The number of hydrogen-bond donors (Lipinski definition) is 1. The monoisotopic (exact) mass is 280 g/mol. The van der Waals surface area contributed by atoms with Gasteiger partial charge in [0.25, 0.3) is 5.91 Å². The number of ether oxygens (including phenoxy) is 1. The molecule has 19 heavy (non-hydrogen) atoms. The van der Waals surface area contributed by atoms with E-state index < -0.39 is 6.10 Å². The van der Waals surface area contributed by atoms with Crippen LogP contribution < -0.4 is 10.1 Å². The normalized spacial score (nSPS) is 12.4. The van der Waals surface area contributed by atoms with Crippen LogP contribution in [-0.4, -0.2) is 17.6 Å². The van der Waals surface area contributed by atoms with Crippen molar-refractivity contribution in [3.8, 4) is 11.8 Å². The summed E-state index contributed by atoms with van der Waals surface area (Å²) in [6.07, 6.45) is -0.662. The number of hydrogen-bond acceptors (Lipinski definition) is 3. The van der Waals surface area contributed by atoms with Gasteiger partial charge in [-0.25, -0.2) is 0 Å². The van der Waals surface area contributed by atoms with Crippen molar-refractivity contribution in [1.29, 1.82) is 5.26 Å². The molecule has 1 aromatic rings. The summed E-state index contributed by atoms with van der Waals surface area (Å²) >= 11 is 5.98. The third-order valence-corrected chi connectivity index (χ3v) is 2.53. The number of rotatable bonds is 3. The first-order valence-electron chi connectivity index (χ1n) is 5.91. The molecule has 0 spiro atoms. The lowest BCUT2D eigenvalue weighted by Gasteiger charge is -2.23. The minimum atomic E-state index is -0.662. The topological polar surface area (TPSA) is 62.1 Å². The van der Waals surface area contributed by atoms with Gasteiger partial charge in [-0.15, -0.1) is 0 Å². The Morgan fingerprint density at radius 3 is 2.58 bits per heavy atom. The third kappa shape index (κ3) is 4.80. The highest BCUT2D eigenvalue weighted by molar-refractivity contribution is 6.32. The number of carbonyl (C=O) groups is 1. The molecule has 0 aliphatic carbocycles. The highest BCUT2D eigenvalue weighted by Crippen LogP contribution is 2.26. The van der Waals surface area contributed by atoms with Gasteiger partial charge in [-0.1, -0.05) is 11.6 Å². The van der Waals surface area contributed by atoms with E-state index >= 15 is 0 Å². The molecule has 1 rings (SSSR count). The molecule has 1 N–H and O–H groups in total. The summed E-state index contributed by atoms with van der Waals surface area (Å²) < 4.78 is 5.50. The molecule has 5 heteroatoms. The van der Waals surface area contributed by atoms with E-state index in [1.807, 2.05) is 26.8 Å². The second kappa shape index (κ2) is 5.94. The Bertz CT molecular complexity index is 515. The number of amides is 1. The largest absolute Gasteiger partial charge is 0.479 e. The first-order valence-corrected chi connectivity index (χ1v) is 6.29. The number of nitrogens with zero attached hydrogens (tertiary/aromatic N) is 1. The fourth-order valence-corrected chi connectivity index (χ4v) is 1.61. The van der Waals surface area contributed by atoms with Crippen LogP contribution in [0.3, 0.4) is 0 Å². The molecule has 0 aliphatic heterocycles. The van der Waals surface area contributed by atoms with Crippen LogP contribution in [0.5, 0.6) is 5.75 Å². The van der Waals surface area contributed by atoms with Gasteiger partial charge in [-0.2, -0.15) is 5.26 Å². The summed E-state index contributed by atoms with van der Waals surface area (Å²) in [4.78, 5) is 11.9. The lowest BCUT2D eigenvalue weighted by Crippen LogP contribution is -2.46. The number of carbonyl (C=O) groups excluding carboxylic acids is 1. The Hall–Kier alpha value is -1.73. The van der Waals surface area contributed by atoms with Gasteiger partial charge in [-0.05, 0) is 45.9 Å². The second-order valence-corrected chi connectivity index (χ2v) is 5.66. The van der Waals surface area contributed by atoms with E-state index in [0.29, 0.717) is 16.3 Å². The maximum absolute atomic E-state index is 11.9. The molecular formula is C14H17ClN2O2. The molecule has 0 radical (unpaired) electrons. The molecule has 0 saturated carbocycles. The summed E-state index contributed by atoms with van der Waals surface area (Å²) in [6.45, 7) is 7.33. The second-order valence-electron chi connectivity index (χ2n) is 5.26. The van der Waals surface area contributed by atoms with Crippen LogP contribution in [-0.2, 0) is 4.79 Å². The van der Waals surface area contributed by atoms with Crippen LogP contribution in [0.15, 0.2) is 18.2 Å². The van der Waals surface area contributed by atoms with Gasteiger partial charge in [0.15, 0.2) is 6.10 Å². The number of nitrogens with one attached hydrogen (secondary N) is 1. The Kier molecular flexibility index (Phi) is 4.79. The fraction of sp³-hybridized carbons (Fsp3) is 0.429. The summed E-state index contributed by atoms with van der Waals surface area (Å²) in [5.41, 5.74) is 0.132. The van der Waals surface area contributed by atoms with Gasteiger partial charge in [0, 0.05) is 5.54 Å². The highest BCUT2D eigenvalue weighted by Gasteiger charge is 2.21. The van der Waals surface area contributed by atoms with Crippen molar-refractivity contribution in [2.24, 2.45) is 0 Å². The van der Waals surface area contributed by atoms with Gasteiger partial charge in [0.1, 0.15) is 5.75 Å². The summed E-state index contributed by atoms with van der Waals surface area (Å²) in [5.74, 6) is 0.171. The van der Waals surface area contributed by atoms with Crippen molar-refractivity contribution >= 4 is 17.5 Å². The van der Waals surface area contributed by atoms with Gasteiger partial charge in [0.05, 0.1) is 16.7 Å². The summed E-state index contributed by atoms with van der Waals surface area (Å²) in [6, 6.07) is 6.67.